The van der Waals surface area contributed by atoms with E-state index in [0.29, 0.717) is 6.61 Å². The van der Waals surface area contributed by atoms with Gasteiger partial charge in [0.1, 0.15) is 0 Å². The summed E-state index contributed by atoms with van der Waals surface area (Å²) < 4.78 is 5.62. The average molecular weight is 276 g/mol. The van der Waals surface area contributed by atoms with E-state index in [9.17, 15) is 9.59 Å². The first-order valence-corrected chi connectivity index (χ1v) is 7.56. The molecule has 3 fully saturated rings. The summed E-state index contributed by atoms with van der Waals surface area (Å²) in [7, 11) is 0. The van der Waals surface area contributed by atoms with Crippen LogP contribution in [0.4, 0.5) is 0 Å². The topological polar surface area (TPSA) is 72.6 Å². The van der Waals surface area contributed by atoms with Gasteiger partial charge < -0.3 is 10.5 Å². The number of carbonyl (C=O) groups excluding carboxylic acids is 2. The predicted octanol–water partition coefficient (Wildman–Crippen LogP) is 0.298. The first-order valence-electron chi connectivity index (χ1n) is 7.56. The maximum atomic E-state index is 12.7. The lowest BCUT2D eigenvalue weighted by molar-refractivity contribution is -0.155. The van der Waals surface area contributed by atoms with E-state index in [1.54, 1.807) is 0 Å². The van der Waals surface area contributed by atoms with E-state index in [1.807, 2.05) is 6.92 Å². The van der Waals surface area contributed by atoms with Crippen LogP contribution in [0.3, 0.4) is 0 Å². The molecule has 5 nitrogen and oxygen atoms in total. The zero-order valence-corrected chi connectivity index (χ0v) is 11.6. The number of amides is 2. The van der Waals surface area contributed by atoms with Crippen LogP contribution in [0.15, 0.2) is 12.2 Å². The molecule has 7 atom stereocenters. The van der Waals surface area contributed by atoms with E-state index in [-0.39, 0.29) is 53.7 Å². The first-order chi connectivity index (χ1) is 9.63. The summed E-state index contributed by atoms with van der Waals surface area (Å²) in [6.07, 6.45) is 5.84. The molecule has 108 valence electrons. The van der Waals surface area contributed by atoms with Gasteiger partial charge in [-0.15, -0.1) is 0 Å². The summed E-state index contributed by atoms with van der Waals surface area (Å²) >= 11 is 0. The third-order valence-corrected chi connectivity index (χ3v) is 5.51. The van der Waals surface area contributed by atoms with Crippen LogP contribution in [0.1, 0.15) is 19.8 Å². The van der Waals surface area contributed by atoms with Crippen molar-refractivity contribution in [3.8, 4) is 0 Å². The number of ether oxygens (including phenoxy) is 1. The summed E-state index contributed by atoms with van der Waals surface area (Å²) in [4.78, 5) is 26.8. The van der Waals surface area contributed by atoms with Crippen LogP contribution in [0.2, 0.25) is 0 Å². The Labute approximate surface area is 118 Å². The second-order valence-corrected chi connectivity index (χ2v) is 6.43. The van der Waals surface area contributed by atoms with Gasteiger partial charge in [-0.05, 0) is 31.6 Å². The van der Waals surface area contributed by atoms with Gasteiger partial charge in [0.05, 0.1) is 24.0 Å². The quantitative estimate of drug-likeness (QED) is 0.594. The molecular weight excluding hydrogens is 256 g/mol. The van der Waals surface area contributed by atoms with E-state index in [4.69, 9.17) is 10.5 Å². The summed E-state index contributed by atoms with van der Waals surface area (Å²) in [5.74, 6) is 0.227. The minimum atomic E-state index is -0.250. The van der Waals surface area contributed by atoms with Crippen LogP contribution in [-0.2, 0) is 14.3 Å². The van der Waals surface area contributed by atoms with Crippen molar-refractivity contribution in [2.75, 3.05) is 6.61 Å². The summed E-state index contributed by atoms with van der Waals surface area (Å²) in [6.45, 7) is 2.51. The Morgan fingerprint density at radius 2 is 1.80 bits per heavy atom. The highest BCUT2D eigenvalue weighted by atomic mass is 16.5. The SMILES string of the molecule is CCOC1CC(N)C1N1C(=O)C2C3C=CC(C3)C2C1=O. The molecule has 0 radical (unpaired) electrons. The summed E-state index contributed by atoms with van der Waals surface area (Å²) in [5.41, 5.74) is 6.04. The standard InChI is InChI=1S/C15H20N2O3/c1-2-20-10-6-9(16)13(10)17-14(18)11-7-3-4-8(5-7)12(11)15(17)19/h3-4,7-13H,2,5-6,16H2,1H3. The molecule has 2 amide bonds. The minimum absolute atomic E-state index is 0.0123. The van der Waals surface area contributed by atoms with Gasteiger partial charge in [-0.1, -0.05) is 12.2 Å². The molecule has 1 aliphatic heterocycles. The average Bonchev–Trinajstić information content (AvgIpc) is 3.08. The van der Waals surface area contributed by atoms with E-state index >= 15 is 0 Å². The molecule has 5 heteroatoms. The van der Waals surface area contributed by atoms with E-state index in [1.165, 1.54) is 4.90 Å². The molecule has 0 aromatic rings. The normalized spacial score (nSPS) is 48.9. The lowest BCUT2D eigenvalue weighted by Crippen LogP contribution is -2.66. The largest absolute Gasteiger partial charge is 0.376 e. The molecule has 0 aromatic heterocycles. The molecule has 3 aliphatic carbocycles. The van der Waals surface area contributed by atoms with Gasteiger partial charge in [-0.3, -0.25) is 14.5 Å². The molecule has 0 aromatic carbocycles. The van der Waals surface area contributed by atoms with Crippen LogP contribution >= 0.6 is 0 Å². The van der Waals surface area contributed by atoms with E-state index in [2.05, 4.69) is 12.2 Å². The number of likely N-dealkylation sites (tertiary alicyclic amines) is 1. The highest BCUT2D eigenvalue weighted by Gasteiger charge is 2.63. The van der Waals surface area contributed by atoms with Crippen LogP contribution in [0.5, 0.6) is 0 Å². The monoisotopic (exact) mass is 276 g/mol. The molecule has 2 bridgehead atoms. The van der Waals surface area contributed by atoms with Crippen LogP contribution in [0, 0.1) is 23.7 Å². The molecule has 4 aliphatic rings. The minimum Gasteiger partial charge on any atom is -0.376 e. The second kappa shape index (κ2) is 4.15. The molecule has 4 rings (SSSR count). The van der Waals surface area contributed by atoms with Gasteiger partial charge in [-0.2, -0.15) is 0 Å². The number of imide groups is 1. The molecule has 7 unspecified atom stereocenters. The fourth-order valence-electron chi connectivity index (χ4n) is 4.58. The molecule has 1 heterocycles. The Hall–Kier alpha value is -1.20. The van der Waals surface area contributed by atoms with Crippen LogP contribution < -0.4 is 5.73 Å². The number of nitrogens with zero attached hydrogens (tertiary/aromatic N) is 1. The number of hydrogen-bond donors (Lipinski definition) is 1. The van der Waals surface area contributed by atoms with Gasteiger partial charge in [0.2, 0.25) is 11.8 Å². The Morgan fingerprint density at radius 1 is 1.20 bits per heavy atom. The molecule has 0 spiro atoms. The maximum absolute atomic E-state index is 12.7. The molecule has 1 saturated heterocycles. The highest BCUT2D eigenvalue weighted by Crippen LogP contribution is 2.53. The Kier molecular flexibility index (Phi) is 2.60. The van der Waals surface area contributed by atoms with Crippen molar-refractivity contribution in [3.63, 3.8) is 0 Å². The van der Waals surface area contributed by atoms with Gasteiger partial charge in [0, 0.05) is 12.6 Å². The third-order valence-electron chi connectivity index (χ3n) is 5.51. The Balaban J connectivity index is 1.61. The van der Waals surface area contributed by atoms with Crippen molar-refractivity contribution in [1.82, 2.24) is 4.90 Å². The van der Waals surface area contributed by atoms with Gasteiger partial charge >= 0.3 is 0 Å². The number of nitrogens with two attached hydrogens (primary N) is 1. The Bertz CT molecular complexity index is 471. The Morgan fingerprint density at radius 3 is 2.30 bits per heavy atom. The lowest BCUT2D eigenvalue weighted by Gasteiger charge is -2.46. The smallest absolute Gasteiger partial charge is 0.234 e. The van der Waals surface area contributed by atoms with Crippen LogP contribution in [-0.4, -0.2) is 41.5 Å². The maximum Gasteiger partial charge on any atom is 0.234 e. The fourth-order valence-corrected chi connectivity index (χ4v) is 4.58. The molecule has 20 heavy (non-hydrogen) atoms. The van der Waals surface area contributed by atoms with Crippen molar-refractivity contribution in [2.24, 2.45) is 29.4 Å². The third kappa shape index (κ3) is 1.40. The van der Waals surface area contributed by atoms with Crippen LogP contribution in [0.25, 0.3) is 0 Å². The van der Waals surface area contributed by atoms with E-state index in [0.717, 1.165) is 12.8 Å². The van der Waals surface area contributed by atoms with Gasteiger partial charge in [0.15, 0.2) is 0 Å². The fraction of sp³-hybridized carbons (Fsp3) is 0.733. The van der Waals surface area contributed by atoms with Gasteiger partial charge in [0.25, 0.3) is 0 Å². The van der Waals surface area contributed by atoms with Crippen molar-refractivity contribution < 1.29 is 14.3 Å². The first kappa shape index (κ1) is 12.5. The molecule has 2 saturated carbocycles. The van der Waals surface area contributed by atoms with Crippen molar-refractivity contribution in [3.05, 3.63) is 12.2 Å². The van der Waals surface area contributed by atoms with Gasteiger partial charge in [-0.25, -0.2) is 0 Å². The lowest BCUT2D eigenvalue weighted by atomic mass is 9.82. The number of carbonyl (C=O) groups is 2. The van der Waals surface area contributed by atoms with Crippen molar-refractivity contribution in [1.29, 1.82) is 0 Å². The molecular formula is C15H20N2O3. The number of rotatable bonds is 3. The zero-order chi connectivity index (χ0) is 14.0. The van der Waals surface area contributed by atoms with E-state index < -0.39 is 0 Å². The number of allylic oxidation sites excluding steroid dienone is 2. The second-order valence-electron chi connectivity index (χ2n) is 6.43. The molecule has 2 N–H and O–H groups in total. The highest BCUT2D eigenvalue weighted by molar-refractivity contribution is 6.07. The summed E-state index contributed by atoms with van der Waals surface area (Å²) in [6, 6.07) is -0.385. The van der Waals surface area contributed by atoms with Crippen molar-refractivity contribution >= 4 is 11.8 Å². The number of fused-ring (bicyclic) bond motifs is 5. The predicted molar refractivity (Wildman–Crippen MR) is 71.4 cm³/mol. The summed E-state index contributed by atoms with van der Waals surface area (Å²) in [5, 5.41) is 0. The zero-order valence-electron chi connectivity index (χ0n) is 11.6. The number of hydrogen-bond acceptors (Lipinski definition) is 4. The van der Waals surface area contributed by atoms with Crippen molar-refractivity contribution in [2.45, 2.75) is 38.0 Å².